The lowest BCUT2D eigenvalue weighted by molar-refractivity contribution is -0.140. The van der Waals surface area contributed by atoms with Crippen LogP contribution in [0.15, 0.2) is 0 Å². The number of hydrogen-bond donors (Lipinski definition) is 2. The smallest absolute Gasteiger partial charge is 0.306 e. The van der Waals surface area contributed by atoms with Crippen LogP contribution in [0.4, 0.5) is 0 Å². The Hall–Kier alpha value is -0.660. The Balaban J connectivity index is 3.70. The molecule has 0 unspecified atom stereocenters. The number of aliphatic hydroxyl groups is 1. The van der Waals surface area contributed by atoms with Gasteiger partial charge >= 0.3 is 5.97 Å². The Labute approximate surface area is 76.9 Å². The van der Waals surface area contributed by atoms with Crippen molar-refractivity contribution >= 4 is 16.0 Å². The summed E-state index contributed by atoms with van der Waals surface area (Å²) in [7, 11) is -2.22. The Bertz CT molecular complexity index is 248. The highest BCUT2D eigenvalue weighted by atomic mass is 32.2. The van der Waals surface area contributed by atoms with Crippen molar-refractivity contribution in [2.24, 2.45) is 0 Å². The highest BCUT2D eigenvalue weighted by Gasteiger charge is 2.09. The third kappa shape index (κ3) is 6.50. The number of ether oxygens (including phenoxy) is 1. The second-order valence-corrected chi connectivity index (χ2v) is 4.19. The molecule has 0 rings (SSSR count). The van der Waals surface area contributed by atoms with Crippen molar-refractivity contribution in [1.82, 2.24) is 4.72 Å². The van der Waals surface area contributed by atoms with Crippen LogP contribution in [-0.2, 0) is 19.6 Å². The first-order chi connectivity index (χ1) is 6.02. The Morgan fingerprint density at radius 1 is 1.54 bits per heavy atom. The first-order valence-electron chi connectivity index (χ1n) is 3.67. The first-order valence-corrected chi connectivity index (χ1v) is 5.32. The van der Waals surface area contributed by atoms with E-state index < -0.39 is 22.6 Å². The molecule has 0 heterocycles. The van der Waals surface area contributed by atoms with Crippen molar-refractivity contribution in [3.05, 3.63) is 0 Å². The summed E-state index contributed by atoms with van der Waals surface area (Å²) in [5.41, 5.74) is 0. The molecule has 78 valence electrons. The second-order valence-electron chi connectivity index (χ2n) is 2.26. The van der Waals surface area contributed by atoms with Crippen LogP contribution in [-0.4, -0.2) is 45.5 Å². The molecule has 0 saturated heterocycles. The maximum atomic E-state index is 10.9. The van der Waals surface area contributed by atoms with Gasteiger partial charge in [0, 0.05) is 6.54 Å². The molecular weight excluding hydrogens is 198 g/mol. The quantitative estimate of drug-likeness (QED) is 0.519. The van der Waals surface area contributed by atoms with E-state index in [-0.39, 0.29) is 18.7 Å². The van der Waals surface area contributed by atoms with Gasteiger partial charge < -0.3 is 9.84 Å². The van der Waals surface area contributed by atoms with Crippen molar-refractivity contribution in [3.63, 3.8) is 0 Å². The van der Waals surface area contributed by atoms with Gasteiger partial charge in [-0.3, -0.25) is 4.79 Å². The molecule has 0 amide bonds. The van der Waals surface area contributed by atoms with E-state index in [4.69, 9.17) is 5.11 Å². The molecule has 0 aliphatic rings. The van der Waals surface area contributed by atoms with Crippen molar-refractivity contribution in [3.8, 4) is 0 Å². The third-order valence-corrected chi connectivity index (χ3v) is 2.60. The molecular formula is C6H13NO5S. The summed E-state index contributed by atoms with van der Waals surface area (Å²) in [4.78, 5) is 10.5. The molecule has 0 radical (unpaired) electrons. The van der Waals surface area contributed by atoms with E-state index in [0.717, 1.165) is 0 Å². The molecule has 0 fully saturated rings. The number of sulfonamides is 1. The summed E-state index contributed by atoms with van der Waals surface area (Å²) in [5.74, 6) is -0.833. The molecule has 0 atom stereocenters. The van der Waals surface area contributed by atoms with Crippen LogP contribution in [0.1, 0.15) is 6.42 Å². The minimum absolute atomic E-state index is 0.00495. The number of rotatable bonds is 6. The summed E-state index contributed by atoms with van der Waals surface area (Å²) < 4.78 is 28.2. The molecule has 0 aliphatic heterocycles. The topological polar surface area (TPSA) is 92.7 Å². The predicted molar refractivity (Wildman–Crippen MR) is 45.5 cm³/mol. The standard InChI is InChI=1S/C6H13NO5S/c1-12-6(9)2-3-7-13(10,11)5-4-8/h7-8H,2-5H2,1H3. The lowest BCUT2D eigenvalue weighted by Crippen LogP contribution is -2.29. The molecule has 0 aromatic heterocycles. The Kier molecular flexibility index (Phi) is 5.60. The van der Waals surface area contributed by atoms with Gasteiger partial charge in [0.25, 0.3) is 0 Å². The molecule has 7 heteroatoms. The summed E-state index contributed by atoms with van der Waals surface area (Å²) in [6.07, 6.45) is -0.0127. The van der Waals surface area contributed by atoms with Gasteiger partial charge in [0.2, 0.25) is 10.0 Å². The largest absolute Gasteiger partial charge is 0.469 e. The normalized spacial score (nSPS) is 11.2. The van der Waals surface area contributed by atoms with Gasteiger partial charge in [0.15, 0.2) is 0 Å². The number of methoxy groups -OCH3 is 1. The van der Waals surface area contributed by atoms with Crippen LogP contribution in [0.5, 0.6) is 0 Å². The second kappa shape index (κ2) is 5.90. The maximum absolute atomic E-state index is 10.9. The van der Waals surface area contributed by atoms with E-state index in [1.54, 1.807) is 0 Å². The van der Waals surface area contributed by atoms with Crippen LogP contribution in [0.3, 0.4) is 0 Å². The number of carbonyl (C=O) groups excluding carboxylic acids is 1. The van der Waals surface area contributed by atoms with Gasteiger partial charge in [-0.25, -0.2) is 13.1 Å². The number of nitrogens with one attached hydrogen (secondary N) is 1. The van der Waals surface area contributed by atoms with Crippen LogP contribution < -0.4 is 4.72 Å². The van der Waals surface area contributed by atoms with Crippen LogP contribution >= 0.6 is 0 Å². The van der Waals surface area contributed by atoms with E-state index in [1.165, 1.54) is 7.11 Å². The van der Waals surface area contributed by atoms with Crippen molar-refractivity contribution in [1.29, 1.82) is 0 Å². The van der Waals surface area contributed by atoms with E-state index in [9.17, 15) is 13.2 Å². The third-order valence-electron chi connectivity index (χ3n) is 1.24. The lowest BCUT2D eigenvalue weighted by Gasteiger charge is -2.03. The molecule has 6 nitrogen and oxygen atoms in total. The summed E-state index contributed by atoms with van der Waals surface area (Å²) >= 11 is 0. The average Bonchev–Trinajstić information content (AvgIpc) is 2.03. The maximum Gasteiger partial charge on any atom is 0.306 e. The summed E-state index contributed by atoms with van der Waals surface area (Å²) in [5, 5.41) is 8.35. The van der Waals surface area contributed by atoms with Gasteiger partial charge in [-0.2, -0.15) is 0 Å². The zero-order chi connectivity index (χ0) is 10.3. The Morgan fingerprint density at radius 2 is 2.15 bits per heavy atom. The monoisotopic (exact) mass is 211 g/mol. The summed E-state index contributed by atoms with van der Waals surface area (Å²) in [6, 6.07) is 0. The number of hydrogen-bond acceptors (Lipinski definition) is 5. The molecule has 0 aliphatic carbocycles. The van der Waals surface area contributed by atoms with Crippen LogP contribution in [0, 0.1) is 0 Å². The van der Waals surface area contributed by atoms with Gasteiger partial charge in [0.05, 0.1) is 25.9 Å². The fraction of sp³-hybridized carbons (Fsp3) is 0.833. The Morgan fingerprint density at radius 3 is 2.62 bits per heavy atom. The highest BCUT2D eigenvalue weighted by molar-refractivity contribution is 7.89. The molecule has 0 saturated carbocycles. The molecule has 0 aromatic carbocycles. The van der Waals surface area contributed by atoms with Gasteiger partial charge in [-0.15, -0.1) is 0 Å². The number of aliphatic hydroxyl groups excluding tert-OH is 1. The first kappa shape index (κ1) is 12.3. The predicted octanol–water partition coefficient (Wildman–Crippen LogP) is -1.54. The molecule has 13 heavy (non-hydrogen) atoms. The average molecular weight is 211 g/mol. The molecule has 0 bridgehead atoms. The SMILES string of the molecule is COC(=O)CCNS(=O)(=O)CCO. The minimum atomic E-state index is -3.44. The fourth-order valence-corrected chi connectivity index (χ4v) is 1.40. The van der Waals surface area contributed by atoms with Crippen molar-refractivity contribution in [2.75, 3.05) is 26.0 Å². The minimum Gasteiger partial charge on any atom is -0.469 e. The van der Waals surface area contributed by atoms with E-state index in [2.05, 4.69) is 9.46 Å². The van der Waals surface area contributed by atoms with E-state index >= 15 is 0 Å². The molecule has 2 N–H and O–H groups in total. The van der Waals surface area contributed by atoms with Crippen LogP contribution in [0.2, 0.25) is 0 Å². The summed E-state index contributed by atoms with van der Waals surface area (Å²) in [6.45, 7) is -0.442. The zero-order valence-electron chi connectivity index (χ0n) is 7.32. The van der Waals surface area contributed by atoms with Gasteiger partial charge in [0.1, 0.15) is 0 Å². The van der Waals surface area contributed by atoms with Crippen molar-refractivity contribution in [2.45, 2.75) is 6.42 Å². The number of carbonyl (C=O) groups is 1. The molecule has 0 aromatic rings. The van der Waals surface area contributed by atoms with Gasteiger partial charge in [-0.1, -0.05) is 0 Å². The van der Waals surface area contributed by atoms with Crippen molar-refractivity contribution < 1.29 is 23.1 Å². The van der Waals surface area contributed by atoms with Gasteiger partial charge in [-0.05, 0) is 0 Å². The fourth-order valence-electron chi connectivity index (χ4n) is 0.603. The van der Waals surface area contributed by atoms with E-state index in [0.29, 0.717) is 0 Å². The number of esters is 1. The lowest BCUT2D eigenvalue weighted by atomic mass is 10.4. The highest BCUT2D eigenvalue weighted by Crippen LogP contribution is 1.86. The van der Waals surface area contributed by atoms with E-state index in [1.807, 2.05) is 0 Å². The van der Waals surface area contributed by atoms with Crippen LogP contribution in [0.25, 0.3) is 0 Å². The molecule has 0 spiro atoms. The zero-order valence-corrected chi connectivity index (χ0v) is 8.13.